The first-order valence-corrected chi connectivity index (χ1v) is 7.90. The van der Waals surface area contributed by atoms with Crippen LogP contribution in [0.4, 0.5) is 0 Å². The largest absolute Gasteiger partial charge is 0.429 e. The van der Waals surface area contributed by atoms with Crippen molar-refractivity contribution < 1.29 is 34.7 Å². The van der Waals surface area contributed by atoms with Crippen molar-refractivity contribution in [1.29, 1.82) is 0 Å². The first kappa shape index (κ1) is 18.4. The molecule has 1 aliphatic heterocycles. The maximum atomic E-state index is 12.5. The number of allylic oxidation sites excluding steroid dienone is 1. The normalized spacial score (nSPS) is 37.6. The smallest absolute Gasteiger partial charge is 0.336 e. The molecule has 0 aromatic rings. The van der Waals surface area contributed by atoms with Crippen molar-refractivity contribution >= 4 is 5.97 Å². The lowest BCUT2D eigenvalue weighted by molar-refractivity contribution is -0.291. The molecule has 7 nitrogen and oxygen atoms in total. The fourth-order valence-corrected chi connectivity index (χ4v) is 3.40. The molecule has 7 heteroatoms. The Balaban J connectivity index is 2.16. The SMILES string of the molecule is CC1=C(C(=O)O[C@@H]2O[C@H](CO)[C@@H](O)[C@H](O)[C@H]2O)C(C)(C)CCC1. The maximum Gasteiger partial charge on any atom is 0.336 e. The second kappa shape index (κ2) is 6.86. The van der Waals surface area contributed by atoms with Crippen molar-refractivity contribution in [3.8, 4) is 0 Å². The number of rotatable bonds is 3. The zero-order valence-electron chi connectivity index (χ0n) is 13.7. The Morgan fingerprint density at radius 1 is 1.26 bits per heavy atom. The van der Waals surface area contributed by atoms with Gasteiger partial charge in [-0.25, -0.2) is 4.79 Å². The number of hydrogen-bond donors (Lipinski definition) is 4. The van der Waals surface area contributed by atoms with Gasteiger partial charge in [-0.05, 0) is 31.6 Å². The molecule has 2 aliphatic rings. The summed E-state index contributed by atoms with van der Waals surface area (Å²) < 4.78 is 10.5. The summed E-state index contributed by atoms with van der Waals surface area (Å²) in [5.41, 5.74) is 1.16. The molecule has 1 saturated heterocycles. The predicted octanol–water partition coefficient (Wildman–Crippen LogP) is -0.144. The standard InChI is InChI=1S/C16H26O7/c1-8-5-4-6-16(2,3)10(8)14(21)23-15-13(20)12(19)11(18)9(7-17)22-15/h9,11-13,15,17-20H,4-7H2,1-3H3/t9-,11-,12+,13-,15+/m1/s1. The van der Waals surface area contributed by atoms with Crippen LogP contribution in [0.1, 0.15) is 40.0 Å². The van der Waals surface area contributed by atoms with Gasteiger partial charge in [0.2, 0.25) is 6.29 Å². The van der Waals surface area contributed by atoms with Crippen molar-refractivity contribution in [2.24, 2.45) is 5.41 Å². The molecule has 0 aromatic carbocycles. The molecule has 2 rings (SSSR count). The predicted molar refractivity (Wildman–Crippen MR) is 80.2 cm³/mol. The van der Waals surface area contributed by atoms with E-state index >= 15 is 0 Å². The summed E-state index contributed by atoms with van der Waals surface area (Å²) in [7, 11) is 0. The van der Waals surface area contributed by atoms with Crippen LogP contribution in [-0.2, 0) is 14.3 Å². The Bertz CT molecular complexity index is 483. The molecule has 0 saturated carbocycles. The van der Waals surface area contributed by atoms with Crippen LogP contribution in [0.2, 0.25) is 0 Å². The van der Waals surface area contributed by atoms with Crippen LogP contribution >= 0.6 is 0 Å². The molecule has 5 atom stereocenters. The van der Waals surface area contributed by atoms with Crippen molar-refractivity contribution in [2.75, 3.05) is 6.61 Å². The monoisotopic (exact) mass is 330 g/mol. The molecule has 0 unspecified atom stereocenters. The highest BCUT2D eigenvalue weighted by atomic mass is 16.7. The van der Waals surface area contributed by atoms with E-state index in [9.17, 15) is 20.1 Å². The fourth-order valence-electron chi connectivity index (χ4n) is 3.40. The first-order chi connectivity index (χ1) is 10.7. The van der Waals surface area contributed by atoms with E-state index in [1.807, 2.05) is 20.8 Å². The minimum Gasteiger partial charge on any atom is -0.429 e. The Morgan fingerprint density at radius 2 is 1.91 bits per heavy atom. The third-order valence-electron chi connectivity index (χ3n) is 4.73. The van der Waals surface area contributed by atoms with E-state index in [1.165, 1.54) is 0 Å². The van der Waals surface area contributed by atoms with Crippen molar-refractivity contribution in [3.63, 3.8) is 0 Å². The first-order valence-electron chi connectivity index (χ1n) is 7.90. The van der Waals surface area contributed by atoms with Crippen molar-refractivity contribution in [1.82, 2.24) is 0 Å². The van der Waals surface area contributed by atoms with Crippen LogP contribution in [-0.4, -0.2) is 63.7 Å². The average Bonchev–Trinajstić information content (AvgIpc) is 2.46. The van der Waals surface area contributed by atoms with Gasteiger partial charge in [-0.1, -0.05) is 19.4 Å². The molecule has 132 valence electrons. The van der Waals surface area contributed by atoms with E-state index in [2.05, 4.69) is 0 Å². The highest BCUT2D eigenvalue weighted by molar-refractivity contribution is 5.91. The maximum absolute atomic E-state index is 12.5. The number of carbonyl (C=O) groups excluding carboxylic acids is 1. The molecule has 1 heterocycles. The van der Waals surface area contributed by atoms with Gasteiger partial charge in [0.25, 0.3) is 0 Å². The van der Waals surface area contributed by atoms with E-state index in [4.69, 9.17) is 14.6 Å². The van der Waals surface area contributed by atoms with Gasteiger partial charge in [0, 0.05) is 5.57 Å². The average molecular weight is 330 g/mol. The van der Waals surface area contributed by atoms with E-state index in [0.29, 0.717) is 5.57 Å². The van der Waals surface area contributed by atoms with Crippen LogP contribution in [0.3, 0.4) is 0 Å². The summed E-state index contributed by atoms with van der Waals surface area (Å²) in [5, 5.41) is 38.6. The van der Waals surface area contributed by atoms with Crippen molar-refractivity contribution in [3.05, 3.63) is 11.1 Å². The summed E-state index contributed by atoms with van der Waals surface area (Å²) >= 11 is 0. The summed E-state index contributed by atoms with van der Waals surface area (Å²) in [6.45, 7) is 5.23. The van der Waals surface area contributed by atoms with E-state index in [0.717, 1.165) is 24.8 Å². The van der Waals surface area contributed by atoms with Crippen LogP contribution in [0.25, 0.3) is 0 Å². The fraction of sp³-hybridized carbons (Fsp3) is 0.812. The van der Waals surface area contributed by atoms with Gasteiger partial charge < -0.3 is 29.9 Å². The lowest BCUT2D eigenvalue weighted by Gasteiger charge is -2.40. The summed E-state index contributed by atoms with van der Waals surface area (Å²) in [4.78, 5) is 12.5. The number of ether oxygens (including phenoxy) is 2. The molecule has 0 bridgehead atoms. The second-order valence-electron chi connectivity index (χ2n) is 7.00. The van der Waals surface area contributed by atoms with Crippen LogP contribution in [0.5, 0.6) is 0 Å². The van der Waals surface area contributed by atoms with Gasteiger partial charge in [-0.3, -0.25) is 0 Å². The Morgan fingerprint density at radius 3 is 2.48 bits per heavy atom. The van der Waals surface area contributed by atoms with E-state index in [-0.39, 0.29) is 5.41 Å². The van der Waals surface area contributed by atoms with Gasteiger partial charge in [-0.2, -0.15) is 0 Å². The van der Waals surface area contributed by atoms with E-state index < -0.39 is 43.3 Å². The molecule has 0 radical (unpaired) electrons. The number of aliphatic hydroxyl groups is 4. The zero-order chi connectivity index (χ0) is 17.4. The summed E-state index contributed by atoms with van der Waals surface area (Å²) in [6, 6.07) is 0. The molecule has 0 amide bonds. The molecule has 0 spiro atoms. The summed E-state index contributed by atoms with van der Waals surface area (Å²) in [6.07, 6.45) is -4.49. The highest BCUT2D eigenvalue weighted by Crippen LogP contribution is 2.41. The van der Waals surface area contributed by atoms with Crippen LogP contribution in [0, 0.1) is 5.41 Å². The highest BCUT2D eigenvalue weighted by Gasteiger charge is 2.46. The lowest BCUT2D eigenvalue weighted by Crippen LogP contribution is -2.59. The molecular formula is C16H26O7. The van der Waals surface area contributed by atoms with Crippen LogP contribution < -0.4 is 0 Å². The van der Waals surface area contributed by atoms with Gasteiger partial charge in [-0.15, -0.1) is 0 Å². The van der Waals surface area contributed by atoms with Gasteiger partial charge in [0.15, 0.2) is 0 Å². The lowest BCUT2D eigenvalue weighted by atomic mass is 9.73. The van der Waals surface area contributed by atoms with Gasteiger partial charge in [0.05, 0.1) is 6.61 Å². The minimum absolute atomic E-state index is 0.340. The summed E-state index contributed by atoms with van der Waals surface area (Å²) in [5.74, 6) is -0.600. The quantitative estimate of drug-likeness (QED) is 0.532. The second-order valence-corrected chi connectivity index (χ2v) is 7.00. The van der Waals surface area contributed by atoms with Gasteiger partial charge >= 0.3 is 5.97 Å². The third kappa shape index (κ3) is 3.59. The van der Waals surface area contributed by atoms with Gasteiger partial charge in [0.1, 0.15) is 24.4 Å². The van der Waals surface area contributed by atoms with E-state index in [1.54, 1.807) is 0 Å². The topological polar surface area (TPSA) is 116 Å². The third-order valence-corrected chi connectivity index (χ3v) is 4.73. The zero-order valence-corrected chi connectivity index (χ0v) is 13.7. The Kier molecular flexibility index (Phi) is 5.48. The number of aliphatic hydroxyl groups excluding tert-OH is 4. The Hall–Kier alpha value is -0.990. The molecular weight excluding hydrogens is 304 g/mol. The number of carbonyl (C=O) groups is 1. The molecule has 4 N–H and O–H groups in total. The number of esters is 1. The molecule has 0 aromatic heterocycles. The number of hydrogen-bond acceptors (Lipinski definition) is 7. The van der Waals surface area contributed by atoms with Crippen LogP contribution in [0.15, 0.2) is 11.1 Å². The molecule has 1 aliphatic carbocycles. The minimum atomic E-state index is -1.58. The Labute approximate surface area is 135 Å². The molecule has 1 fully saturated rings. The molecule has 23 heavy (non-hydrogen) atoms. The van der Waals surface area contributed by atoms with Crippen molar-refractivity contribution in [2.45, 2.75) is 70.7 Å².